The lowest BCUT2D eigenvalue weighted by atomic mass is 9.75. The average molecular weight is 355 g/mol. The van der Waals surface area contributed by atoms with Crippen molar-refractivity contribution in [1.82, 2.24) is 5.43 Å². The molecule has 2 nitrogen and oxygen atoms in total. The molecule has 2 aliphatic rings. The smallest absolute Gasteiger partial charge is 0.0751 e. The molecule has 1 saturated carbocycles. The molecule has 144 valence electrons. The van der Waals surface area contributed by atoms with Crippen LogP contribution in [0.1, 0.15) is 91.2 Å². The van der Waals surface area contributed by atoms with E-state index in [1.54, 1.807) is 5.57 Å². The van der Waals surface area contributed by atoms with Gasteiger partial charge in [0.2, 0.25) is 0 Å². The van der Waals surface area contributed by atoms with E-state index >= 15 is 0 Å². The van der Waals surface area contributed by atoms with Gasteiger partial charge in [-0.2, -0.15) is 5.10 Å². The zero-order valence-electron chi connectivity index (χ0n) is 17.8. The molecule has 0 saturated heterocycles. The Morgan fingerprint density at radius 1 is 1.08 bits per heavy atom. The fourth-order valence-electron chi connectivity index (χ4n) is 4.20. The summed E-state index contributed by atoms with van der Waals surface area (Å²) in [7, 11) is 0. The van der Waals surface area contributed by atoms with Crippen molar-refractivity contribution in [3.8, 4) is 0 Å². The first-order chi connectivity index (χ1) is 12.5. The maximum Gasteiger partial charge on any atom is 0.0751 e. The minimum atomic E-state index is 0.384. The van der Waals surface area contributed by atoms with Crippen LogP contribution in [0.2, 0.25) is 0 Å². The quantitative estimate of drug-likeness (QED) is 0.617. The molecule has 0 radical (unpaired) electrons. The molecule has 1 atom stereocenters. The maximum absolute atomic E-state index is 4.78. The molecular formula is C24H38N2. The summed E-state index contributed by atoms with van der Waals surface area (Å²) in [5, 5.41) is 4.78. The van der Waals surface area contributed by atoms with Crippen molar-refractivity contribution < 1.29 is 0 Å². The van der Waals surface area contributed by atoms with Gasteiger partial charge in [0.25, 0.3) is 0 Å². The summed E-state index contributed by atoms with van der Waals surface area (Å²) in [6.07, 6.45) is 8.85. The molecule has 0 spiro atoms. The van der Waals surface area contributed by atoms with Crippen molar-refractivity contribution in [1.29, 1.82) is 0 Å². The van der Waals surface area contributed by atoms with E-state index in [4.69, 9.17) is 5.10 Å². The van der Waals surface area contributed by atoms with Gasteiger partial charge in [0.05, 0.1) is 5.71 Å². The number of hydrogen-bond donors (Lipinski definition) is 1. The molecule has 2 heteroatoms. The third-order valence-electron chi connectivity index (χ3n) is 5.75. The van der Waals surface area contributed by atoms with Crippen LogP contribution in [-0.2, 0) is 6.42 Å². The zero-order chi connectivity index (χ0) is 19.2. The van der Waals surface area contributed by atoms with Gasteiger partial charge in [-0.3, -0.25) is 5.43 Å². The topological polar surface area (TPSA) is 24.4 Å². The minimum Gasteiger partial charge on any atom is -0.283 e. The van der Waals surface area contributed by atoms with E-state index in [0.717, 1.165) is 6.42 Å². The second kappa shape index (κ2) is 9.39. The standard InChI is InChI=1S/C22H32N2.C2H6/c1-5-17-10-12-18(13-11-17)21-19-9-7-6-8-14-22(3,4)15-20(19)16(2)23-24-21;1-2/h10-13,19,23H,5-9,14-15H2,1-4H3;1-2H3. The third-order valence-corrected chi connectivity index (χ3v) is 5.75. The van der Waals surface area contributed by atoms with Gasteiger partial charge < -0.3 is 0 Å². The molecule has 1 N–H and O–H groups in total. The summed E-state index contributed by atoms with van der Waals surface area (Å²) in [6.45, 7) is 13.3. The van der Waals surface area contributed by atoms with Crippen molar-refractivity contribution >= 4 is 5.71 Å². The molecule has 1 heterocycles. The molecule has 1 aliphatic carbocycles. The van der Waals surface area contributed by atoms with Gasteiger partial charge in [-0.1, -0.05) is 78.1 Å². The molecule has 1 aromatic rings. The summed E-state index contributed by atoms with van der Waals surface area (Å²) in [6, 6.07) is 9.02. The molecule has 0 aromatic heterocycles. The number of rotatable bonds is 2. The average Bonchev–Trinajstić information content (AvgIpc) is 2.73. The fourth-order valence-corrected chi connectivity index (χ4v) is 4.20. The summed E-state index contributed by atoms with van der Waals surface area (Å²) < 4.78 is 0. The van der Waals surface area contributed by atoms with E-state index < -0.39 is 0 Å². The van der Waals surface area contributed by atoms with Gasteiger partial charge >= 0.3 is 0 Å². The van der Waals surface area contributed by atoms with E-state index in [2.05, 4.69) is 57.4 Å². The van der Waals surface area contributed by atoms with Crippen LogP contribution < -0.4 is 5.43 Å². The Hall–Kier alpha value is -1.57. The minimum absolute atomic E-state index is 0.384. The number of benzene rings is 1. The van der Waals surface area contributed by atoms with E-state index in [-0.39, 0.29) is 0 Å². The van der Waals surface area contributed by atoms with Crippen molar-refractivity contribution in [3.63, 3.8) is 0 Å². The normalized spacial score (nSPS) is 22.5. The van der Waals surface area contributed by atoms with Gasteiger partial charge in [-0.25, -0.2) is 0 Å². The Bertz CT molecular complexity index is 635. The second-order valence-corrected chi connectivity index (χ2v) is 8.30. The monoisotopic (exact) mass is 354 g/mol. The first-order valence-electron chi connectivity index (χ1n) is 10.6. The number of hydrazone groups is 1. The Morgan fingerprint density at radius 2 is 1.77 bits per heavy atom. The molecule has 1 aromatic carbocycles. The molecule has 0 bridgehead atoms. The van der Waals surface area contributed by atoms with Gasteiger partial charge in [0, 0.05) is 11.6 Å². The van der Waals surface area contributed by atoms with Crippen molar-refractivity contribution in [3.05, 3.63) is 46.7 Å². The van der Waals surface area contributed by atoms with Crippen LogP contribution in [-0.4, -0.2) is 5.71 Å². The lowest BCUT2D eigenvalue weighted by molar-refractivity contribution is 0.316. The van der Waals surface area contributed by atoms with Crippen molar-refractivity contribution in [2.45, 2.75) is 86.5 Å². The van der Waals surface area contributed by atoms with E-state index in [1.165, 1.54) is 61.1 Å². The van der Waals surface area contributed by atoms with Crippen LogP contribution in [0.4, 0.5) is 0 Å². The lowest BCUT2D eigenvalue weighted by Crippen LogP contribution is -2.30. The highest BCUT2D eigenvalue weighted by Crippen LogP contribution is 2.40. The molecule has 1 fully saturated rings. The summed E-state index contributed by atoms with van der Waals surface area (Å²) >= 11 is 0. The number of nitrogens with zero attached hydrogens (tertiary/aromatic N) is 1. The van der Waals surface area contributed by atoms with Crippen molar-refractivity contribution in [2.24, 2.45) is 16.4 Å². The Labute approximate surface area is 161 Å². The van der Waals surface area contributed by atoms with Crippen molar-refractivity contribution in [2.75, 3.05) is 0 Å². The van der Waals surface area contributed by atoms with Crippen LogP contribution in [0.15, 0.2) is 40.6 Å². The number of nitrogens with one attached hydrogen (secondary N) is 1. The zero-order valence-corrected chi connectivity index (χ0v) is 17.8. The summed E-state index contributed by atoms with van der Waals surface area (Å²) in [5.74, 6) is 0.483. The fraction of sp³-hybridized carbons (Fsp3) is 0.625. The predicted molar refractivity (Wildman–Crippen MR) is 115 cm³/mol. The van der Waals surface area contributed by atoms with E-state index in [0.29, 0.717) is 11.3 Å². The second-order valence-electron chi connectivity index (χ2n) is 8.30. The first kappa shape index (κ1) is 20.7. The molecule has 1 aliphatic heterocycles. The SMILES string of the molecule is CC.CCc1ccc(C2=NNC(C)=C3CC(C)(C)CCCCCC23)cc1. The number of aryl methyl sites for hydroxylation is 1. The largest absolute Gasteiger partial charge is 0.283 e. The van der Waals surface area contributed by atoms with Gasteiger partial charge in [-0.15, -0.1) is 0 Å². The highest BCUT2D eigenvalue weighted by Gasteiger charge is 2.32. The maximum atomic E-state index is 4.78. The highest BCUT2D eigenvalue weighted by atomic mass is 15.3. The third kappa shape index (κ3) is 4.99. The predicted octanol–water partition coefficient (Wildman–Crippen LogP) is 6.85. The summed E-state index contributed by atoms with van der Waals surface area (Å²) in [4.78, 5) is 0. The van der Waals surface area contributed by atoms with Crippen LogP contribution >= 0.6 is 0 Å². The molecule has 26 heavy (non-hydrogen) atoms. The Kier molecular flexibility index (Phi) is 7.49. The number of hydrogen-bond acceptors (Lipinski definition) is 2. The van der Waals surface area contributed by atoms with Gasteiger partial charge in [-0.05, 0) is 54.7 Å². The number of allylic oxidation sites excluding steroid dienone is 2. The molecule has 0 amide bonds. The molecule has 3 rings (SSSR count). The van der Waals surface area contributed by atoms with Crippen LogP contribution in [0.25, 0.3) is 0 Å². The summed E-state index contributed by atoms with van der Waals surface area (Å²) in [5.41, 5.74) is 10.5. The van der Waals surface area contributed by atoms with E-state index in [1.807, 2.05) is 13.8 Å². The van der Waals surface area contributed by atoms with Crippen LogP contribution in [0.3, 0.4) is 0 Å². The lowest BCUT2D eigenvalue weighted by Gasteiger charge is -2.33. The Balaban J connectivity index is 0.00000117. The first-order valence-corrected chi connectivity index (χ1v) is 10.6. The van der Waals surface area contributed by atoms with Gasteiger partial charge in [0.15, 0.2) is 0 Å². The van der Waals surface area contributed by atoms with Crippen LogP contribution in [0, 0.1) is 11.3 Å². The Morgan fingerprint density at radius 3 is 2.42 bits per heavy atom. The number of fused-ring (bicyclic) bond motifs is 1. The highest BCUT2D eigenvalue weighted by molar-refractivity contribution is 6.04. The van der Waals surface area contributed by atoms with E-state index in [9.17, 15) is 0 Å². The molecule has 1 unspecified atom stereocenters. The van der Waals surface area contributed by atoms with Gasteiger partial charge in [0.1, 0.15) is 0 Å². The van der Waals surface area contributed by atoms with Crippen LogP contribution in [0.5, 0.6) is 0 Å². The molecular weight excluding hydrogens is 316 g/mol.